The summed E-state index contributed by atoms with van der Waals surface area (Å²) >= 11 is 0. The van der Waals surface area contributed by atoms with E-state index in [1.165, 1.54) is 18.2 Å². The highest BCUT2D eigenvalue weighted by Crippen LogP contribution is 2.05. The van der Waals surface area contributed by atoms with E-state index in [4.69, 9.17) is 0 Å². The zero-order valence-corrected chi connectivity index (χ0v) is 6.48. The Kier molecular flexibility index (Phi) is 2.59. The van der Waals surface area contributed by atoms with Crippen LogP contribution in [0.3, 0.4) is 0 Å². The fraction of sp³-hybridized carbons (Fsp3) is 0.143. The molecule has 0 fully saturated rings. The highest BCUT2D eigenvalue weighted by molar-refractivity contribution is 7.71. The topological polar surface area (TPSA) is 34.1 Å². The maximum absolute atomic E-state index is 12.7. The standard InChI is InChI=1S/C7H6FO2S/c8-7-4-2-1-3-6(7)5-11(9)10/h1-2,4,11H,5H2. The highest BCUT2D eigenvalue weighted by Gasteiger charge is 2.00. The van der Waals surface area contributed by atoms with Gasteiger partial charge in [-0.2, -0.15) is 0 Å². The number of hydrogen-bond acceptors (Lipinski definition) is 2. The van der Waals surface area contributed by atoms with Crippen molar-refractivity contribution < 1.29 is 12.8 Å². The molecular formula is C7H6FO2S. The second-order valence-corrected chi connectivity index (χ2v) is 2.97. The average molecular weight is 173 g/mol. The van der Waals surface area contributed by atoms with Gasteiger partial charge < -0.3 is 0 Å². The van der Waals surface area contributed by atoms with Crippen LogP contribution >= 0.6 is 0 Å². The van der Waals surface area contributed by atoms with Gasteiger partial charge in [-0.3, -0.25) is 0 Å². The Morgan fingerprint density at radius 1 is 1.55 bits per heavy atom. The molecule has 0 bridgehead atoms. The maximum atomic E-state index is 12.7. The number of benzene rings is 1. The van der Waals surface area contributed by atoms with Crippen molar-refractivity contribution in [2.75, 3.05) is 0 Å². The Hall–Kier alpha value is -0.900. The van der Waals surface area contributed by atoms with E-state index >= 15 is 0 Å². The lowest BCUT2D eigenvalue weighted by Gasteiger charge is -1.94. The van der Waals surface area contributed by atoms with Crippen molar-refractivity contribution in [2.45, 2.75) is 5.75 Å². The van der Waals surface area contributed by atoms with E-state index in [-0.39, 0.29) is 11.3 Å². The first kappa shape index (κ1) is 8.20. The second-order valence-electron chi connectivity index (χ2n) is 1.99. The van der Waals surface area contributed by atoms with Crippen LogP contribution in [0.5, 0.6) is 0 Å². The molecule has 0 spiro atoms. The van der Waals surface area contributed by atoms with Crippen molar-refractivity contribution >= 4 is 10.7 Å². The van der Waals surface area contributed by atoms with E-state index in [9.17, 15) is 12.8 Å². The van der Waals surface area contributed by atoms with Crippen LogP contribution in [0, 0.1) is 11.9 Å². The summed E-state index contributed by atoms with van der Waals surface area (Å²) < 4.78 is 33.0. The monoisotopic (exact) mass is 173 g/mol. The molecule has 1 aromatic rings. The van der Waals surface area contributed by atoms with E-state index in [1.807, 2.05) is 0 Å². The summed E-state index contributed by atoms with van der Waals surface area (Å²) in [5, 5.41) is 0. The van der Waals surface area contributed by atoms with Gasteiger partial charge in [0.1, 0.15) is 16.5 Å². The minimum Gasteiger partial charge on any atom is -0.232 e. The predicted molar refractivity (Wildman–Crippen MR) is 39.3 cm³/mol. The molecule has 2 nitrogen and oxygen atoms in total. The van der Waals surface area contributed by atoms with Crippen LogP contribution in [-0.2, 0) is 16.5 Å². The number of hydrogen-bond donors (Lipinski definition) is 1. The highest BCUT2D eigenvalue weighted by atomic mass is 32.2. The molecule has 0 aliphatic heterocycles. The number of rotatable bonds is 2. The minimum atomic E-state index is -2.56. The summed E-state index contributed by atoms with van der Waals surface area (Å²) in [5.41, 5.74) is 0.101. The van der Waals surface area contributed by atoms with Crippen LogP contribution in [-0.4, -0.2) is 8.42 Å². The summed E-state index contributed by atoms with van der Waals surface area (Å²) in [6.45, 7) is 0. The van der Waals surface area contributed by atoms with Crippen molar-refractivity contribution in [1.82, 2.24) is 0 Å². The Morgan fingerprint density at radius 2 is 2.27 bits per heavy atom. The molecule has 0 atom stereocenters. The summed E-state index contributed by atoms with van der Waals surface area (Å²) in [6, 6.07) is 6.67. The van der Waals surface area contributed by atoms with Crippen molar-refractivity contribution in [2.24, 2.45) is 0 Å². The van der Waals surface area contributed by atoms with Gasteiger partial charge in [0, 0.05) is 5.56 Å². The molecule has 0 aromatic heterocycles. The SMILES string of the molecule is O=[SH](=O)Cc1[c]cccc1F. The summed E-state index contributed by atoms with van der Waals surface area (Å²) in [5.74, 6) is -0.797. The van der Waals surface area contributed by atoms with Gasteiger partial charge in [-0.25, -0.2) is 12.8 Å². The molecule has 0 heterocycles. The van der Waals surface area contributed by atoms with E-state index in [2.05, 4.69) is 6.07 Å². The second kappa shape index (κ2) is 3.48. The largest absolute Gasteiger partial charge is 0.232 e. The number of halogens is 1. The number of thiol groups is 1. The third-order valence-corrected chi connectivity index (χ3v) is 1.75. The molecule has 0 saturated carbocycles. The Bertz CT molecular complexity index is 312. The van der Waals surface area contributed by atoms with Crippen LogP contribution in [0.2, 0.25) is 0 Å². The quantitative estimate of drug-likeness (QED) is 0.669. The van der Waals surface area contributed by atoms with Crippen LogP contribution in [0.15, 0.2) is 18.2 Å². The first-order chi connectivity index (χ1) is 5.20. The van der Waals surface area contributed by atoms with Gasteiger partial charge in [-0.15, -0.1) is 0 Å². The lowest BCUT2D eigenvalue weighted by molar-refractivity contribution is 0.600. The van der Waals surface area contributed by atoms with Crippen molar-refractivity contribution in [3.8, 4) is 0 Å². The summed E-state index contributed by atoms with van der Waals surface area (Å²) in [6.07, 6.45) is 0. The van der Waals surface area contributed by atoms with E-state index in [0.29, 0.717) is 0 Å². The maximum Gasteiger partial charge on any atom is 0.144 e. The van der Waals surface area contributed by atoms with E-state index < -0.39 is 16.5 Å². The average Bonchev–Trinajstić information content (AvgIpc) is 1.93. The van der Waals surface area contributed by atoms with Crippen molar-refractivity contribution in [3.05, 3.63) is 35.6 Å². The fourth-order valence-electron chi connectivity index (χ4n) is 0.701. The van der Waals surface area contributed by atoms with Crippen molar-refractivity contribution in [3.63, 3.8) is 0 Å². The first-order valence-corrected chi connectivity index (χ1v) is 4.33. The molecule has 11 heavy (non-hydrogen) atoms. The van der Waals surface area contributed by atoms with Gasteiger partial charge in [0.25, 0.3) is 0 Å². The van der Waals surface area contributed by atoms with Crippen LogP contribution in [0.25, 0.3) is 0 Å². The molecule has 0 aliphatic carbocycles. The van der Waals surface area contributed by atoms with Crippen LogP contribution in [0.4, 0.5) is 4.39 Å². The van der Waals surface area contributed by atoms with Crippen molar-refractivity contribution in [1.29, 1.82) is 0 Å². The first-order valence-electron chi connectivity index (χ1n) is 2.97. The normalized spacial score (nSPS) is 10.4. The van der Waals surface area contributed by atoms with Gasteiger partial charge in [0.2, 0.25) is 0 Å². The minimum absolute atomic E-state index is 0.101. The third kappa shape index (κ3) is 2.31. The lowest BCUT2D eigenvalue weighted by atomic mass is 10.2. The lowest BCUT2D eigenvalue weighted by Crippen LogP contribution is -1.90. The van der Waals surface area contributed by atoms with Gasteiger partial charge in [-0.05, 0) is 12.1 Å². The smallest absolute Gasteiger partial charge is 0.144 e. The zero-order chi connectivity index (χ0) is 8.27. The third-order valence-electron chi connectivity index (χ3n) is 1.17. The zero-order valence-electron chi connectivity index (χ0n) is 5.58. The summed E-state index contributed by atoms with van der Waals surface area (Å²) in [7, 11) is -2.56. The summed E-state index contributed by atoms with van der Waals surface area (Å²) in [4.78, 5) is 0. The van der Waals surface area contributed by atoms with E-state index in [1.54, 1.807) is 0 Å². The molecule has 1 radical (unpaired) electrons. The molecule has 0 aliphatic rings. The van der Waals surface area contributed by atoms with Gasteiger partial charge >= 0.3 is 0 Å². The van der Waals surface area contributed by atoms with Gasteiger partial charge in [0.05, 0.1) is 5.75 Å². The predicted octanol–water partition coefficient (Wildman–Crippen LogP) is 0.737. The molecule has 1 aromatic carbocycles. The fourth-order valence-corrected chi connectivity index (χ4v) is 1.20. The molecule has 4 heteroatoms. The van der Waals surface area contributed by atoms with Gasteiger partial charge in [0.15, 0.2) is 0 Å². The molecule has 0 N–H and O–H groups in total. The Balaban J connectivity index is 2.94. The van der Waals surface area contributed by atoms with Crippen LogP contribution < -0.4 is 0 Å². The molecule has 59 valence electrons. The van der Waals surface area contributed by atoms with Crippen LogP contribution in [0.1, 0.15) is 5.56 Å². The Labute approximate surface area is 65.6 Å². The van der Waals surface area contributed by atoms with E-state index in [0.717, 1.165) is 0 Å². The molecule has 0 amide bonds. The molecule has 0 unspecified atom stereocenters. The van der Waals surface area contributed by atoms with Gasteiger partial charge in [-0.1, -0.05) is 12.1 Å². The molecular weight excluding hydrogens is 167 g/mol. The Morgan fingerprint density at radius 3 is 2.82 bits per heavy atom. The molecule has 0 saturated heterocycles. The molecule has 1 rings (SSSR count).